The van der Waals surface area contributed by atoms with Crippen LogP contribution in [0, 0.1) is 0 Å². The minimum atomic E-state index is 0.324. The Morgan fingerprint density at radius 1 is 1.60 bits per heavy atom. The van der Waals surface area contributed by atoms with Gasteiger partial charge in [0.15, 0.2) is 0 Å². The Kier molecular flexibility index (Phi) is 6.91. The van der Waals surface area contributed by atoms with Crippen LogP contribution in [0.3, 0.4) is 0 Å². The van der Waals surface area contributed by atoms with Crippen LogP contribution in [0.4, 0.5) is 0 Å². The third-order valence-electron chi connectivity index (χ3n) is 1.34. The van der Waals surface area contributed by atoms with E-state index in [2.05, 4.69) is 12.2 Å². The van der Waals surface area contributed by atoms with E-state index in [0.717, 1.165) is 13.0 Å². The van der Waals surface area contributed by atoms with Crippen LogP contribution in [0.5, 0.6) is 0 Å². The lowest BCUT2D eigenvalue weighted by Crippen LogP contribution is -2.39. The number of rotatable bonds is 6. The molecule has 1 unspecified atom stereocenters. The second-order valence-electron chi connectivity index (χ2n) is 2.34. The van der Waals surface area contributed by atoms with Crippen molar-refractivity contribution in [3.05, 3.63) is 0 Å². The molecule has 0 radical (unpaired) electrons. The molecule has 3 heteroatoms. The third-order valence-corrected chi connectivity index (χ3v) is 1.34. The van der Waals surface area contributed by atoms with Gasteiger partial charge in [0.05, 0.1) is 6.61 Å². The molecule has 0 aliphatic heterocycles. The molecule has 0 bridgehead atoms. The van der Waals surface area contributed by atoms with Gasteiger partial charge in [0.1, 0.15) is 0 Å². The van der Waals surface area contributed by atoms with Crippen molar-refractivity contribution >= 4 is 0 Å². The molecule has 0 rings (SSSR count). The molecule has 0 fully saturated rings. The van der Waals surface area contributed by atoms with Crippen LogP contribution in [0.25, 0.3) is 0 Å². The second kappa shape index (κ2) is 6.99. The molecule has 0 aliphatic carbocycles. The highest BCUT2D eigenvalue weighted by atomic mass is 16.5. The lowest BCUT2D eigenvalue weighted by Gasteiger charge is -2.14. The summed E-state index contributed by atoms with van der Waals surface area (Å²) in [6.45, 7) is 4.50. The van der Waals surface area contributed by atoms with Gasteiger partial charge in [-0.2, -0.15) is 0 Å². The van der Waals surface area contributed by atoms with E-state index in [1.165, 1.54) is 0 Å². The van der Waals surface area contributed by atoms with Crippen molar-refractivity contribution in [2.45, 2.75) is 19.4 Å². The first-order valence-electron chi connectivity index (χ1n) is 3.77. The highest BCUT2D eigenvalue weighted by Gasteiger charge is 2.02. The van der Waals surface area contributed by atoms with Gasteiger partial charge in [-0.3, -0.25) is 0 Å². The maximum Gasteiger partial charge on any atom is 0.0628 e. The summed E-state index contributed by atoms with van der Waals surface area (Å²) in [5.74, 6) is 0. The van der Waals surface area contributed by atoms with Crippen LogP contribution in [0.15, 0.2) is 0 Å². The van der Waals surface area contributed by atoms with E-state index < -0.39 is 0 Å². The van der Waals surface area contributed by atoms with E-state index in [0.29, 0.717) is 19.2 Å². The number of ether oxygens (including phenoxy) is 1. The molecule has 0 aromatic carbocycles. The Morgan fingerprint density at radius 2 is 2.30 bits per heavy atom. The fourth-order valence-corrected chi connectivity index (χ4v) is 0.760. The number of methoxy groups -OCH3 is 1. The van der Waals surface area contributed by atoms with Gasteiger partial charge in [0.25, 0.3) is 0 Å². The predicted molar refractivity (Wildman–Crippen MR) is 43.0 cm³/mol. The Morgan fingerprint density at radius 3 is 2.70 bits per heavy atom. The summed E-state index contributed by atoms with van der Waals surface area (Å²) >= 11 is 0. The number of hydrogen-bond donors (Lipinski definition) is 2. The van der Waals surface area contributed by atoms with E-state index in [-0.39, 0.29) is 0 Å². The monoisotopic (exact) mass is 146 g/mol. The molecule has 0 heterocycles. The molecule has 3 nitrogen and oxygen atoms in total. The number of nitrogens with one attached hydrogen (secondary N) is 1. The van der Waals surface area contributed by atoms with Crippen LogP contribution in [-0.4, -0.2) is 32.8 Å². The van der Waals surface area contributed by atoms with E-state index in [1.54, 1.807) is 7.11 Å². The zero-order valence-electron chi connectivity index (χ0n) is 6.89. The average molecular weight is 146 g/mol. The second-order valence-corrected chi connectivity index (χ2v) is 2.34. The van der Waals surface area contributed by atoms with Crippen LogP contribution in [0.1, 0.15) is 13.3 Å². The summed E-state index contributed by atoms with van der Waals surface area (Å²) in [5.41, 5.74) is 5.46. The Balaban J connectivity index is 3.21. The molecule has 0 aliphatic rings. The van der Waals surface area contributed by atoms with E-state index in [9.17, 15) is 0 Å². The topological polar surface area (TPSA) is 47.3 Å². The normalized spacial score (nSPS) is 13.5. The van der Waals surface area contributed by atoms with Crippen molar-refractivity contribution in [3.8, 4) is 0 Å². The largest absolute Gasteiger partial charge is 0.383 e. The fraction of sp³-hybridized carbons (Fsp3) is 1.00. The number of hydrogen-bond acceptors (Lipinski definition) is 3. The van der Waals surface area contributed by atoms with E-state index in [4.69, 9.17) is 10.5 Å². The van der Waals surface area contributed by atoms with E-state index >= 15 is 0 Å². The molecule has 0 saturated heterocycles. The highest BCUT2D eigenvalue weighted by molar-refractivity contribution is 4.65. The van der Waals surface area contributed by atoms with Crippen molar-refractivity contribution in [2.24, 2.45) is 5.73 Å². The maximum absolute atomic E-state index is 5.46. The van der Waals surface area contributed by atoms with Gasteiger partial charge >= 0.3 is 0 Å². The summed E-state index contributed by atoms with van der Waals surface area (Å²) in [7, 11) is 1.69. The van der Waals surface area contributed by atoms with Gasteiger partial charge in [0, 0.05) is 19.7 Å². The molecule has 0 aromatic rings. The average Bonchev–Trinajstić information content (AvgIpc) is 1.98. The molecule has 0 aromatic heterocycles. The van der Waals surface area contributed by atoms with Crippen LogP contribution < -0.4 is 11.1 Å². The summed E-state index contributed by atoms with van der Waals surface area (Å²) in [4.78, 5) is 0. The van der Waals surface area contributed by atoms with Crippen LogP contribution in [-0.2, 0) is 4.74 Å². The van der Waals surface area contributed by atoms with Crippen molar-refractivity contribution < 1.29 is 4.74 Å². The van der Waals surface area contributed by atoms with E-state index in [1.807, 2.05) is 0 Å². The molecule has 62 valence electrons. The molecular formula is C7H18N2O. The van der Waals surface area contributed by atoms with Gasteiger partial charge in [-0.05, 0) is 13.0 Å². The molecule has 0 amide bonds. The summed E-state index contributed by atoms with van der Waals surface area (Å²) in [5, 5.41) is 3.27. The Hall–Kier alpha value is -0.120. The molecule has 0 spiro atoms. The Labute approximate surface area is 62.9 Å². The quantitative estimate of drug-likeness (QED) is 0.553. The Bertz CT molecular complexity index is 68.6. The van der Waals surface area contributed by atoms with Crippen molar-refractivity contribution in [1.29, 1.82) is 0 Å². The minimum Gasteiger partial charge on any atom is -0.383 e. The summed E-state index contributed by atoms with van der Waals surface area (Å²) in [6.07, 6.45) is 1.14. The highest BCUT2D eigenvalue weighted by Crippen LogP contribution is 1.81. The first-order chi connectivity index (χ1) is 4.85. The SMILES string of the molecule is CCCNC(CN)COC. The molecule has 1 atom stereocenters. The number of nitrogens with two attached hydrogens (primary N) is 1. The summed E-state index contributed by atoms with van der Waals surface area (Å²) < 4.78 is 4.95. The molecule has 3 N–H and O–H groups in total. The van der Waals surface area contributed by atoms with Gasteiger partial charge in [-0.25, -0.2) is 0 Å². The zero-order valence-corrected chi connectivity index (χ0v) is 6.89. The maximum atomic E-state index is 5.46. The predicted octanol–water partition coefficient (Wildman–Crippen LogP) is -0.0403. The lowest BCUT2D eigenvalue weighted by molar-refractivity contribution is 0.169. The molecular weight excluding hydrogens is 128 g/mol. The third kappa shape index (κ3) is 4.73. The van der Waals surface area contributed by atoms with Gasteiger partial charge < -0.3 is 15.8 Å². The van der Waals surface area contributed by atoms with Crippen LogP contribution in [0.2, 0.25) is 0 Å². The smallest absolute Gasteiger partial charge is 0.0628 e. The van der Waals surface area contributed by atoms with Gasteiger partial charge in [0.2, 0.25) is 0 Å². The molecule has 0 saturated carbocycles. The zero-order chi connectivity index (χ0) is 7.82. The summed E-state index contributed by atoms with van der Waals surface area (Å²) in [6, 6.07) is 0.324. The fourth-order valence-electron chi connectivity index (χ4n) is 0.760. The van der Waals surface area contributed by atoms with Crippen molar-refractivity contribution in [3.63, 3.8) is 0 Å². The van der Waals surface area contributed by atoms with Crippen molar-refractivity contribution in [2.75, 3.05) is 26.8 Å². The van der Waals surface area contributed by atoms with Crippen LogP contribution >= 0.6 is 0 Å². The standard InChI is InChI=1S/C7H18N2O/c1-3-4-9-7(5-8)6-10-2/h7,9H,3-6,8H2,1-2H3. The minimum absolute atomic E-state index is 0.324. The molecule has 10 heavy (non-hydrogen) atoms. The van der Waals surface area contributed by atoms with Crippen molar-refractivity contribution in [1.82, 2.24) is 5.32 Å². The first kappa shape index (κ1) is 9.88. The van der Waals surface area contributed by atoms with Gasteiger partial charge in [-0.1, -0.05) is 6.92 Å². The first-order valence-corrected chi connectivity index (χ1v) is 3.77. The van der Waals surface area contributed by atoms with Gasteiger partial charge in [-0.15, -0.1) is 0 Å². The lowest BCUT2D eigenvalue weighted by atomic mass is 10.3.